The molecule has 4 nitrogen and oxygen atoms in total. The van der Waals surface area contributed by atoms with Crippen LogP contribution in [0.4, 0.5) is 13.2 Å². The molecule has 0 aromatic heterocycles. The van der Waals surface area contributed by atoms with E-state index in [2.05, 4.69) is 5.32 Å². The fourth-order valence-corrected chi connectivity index (χ4v) is 2.56. The summed E-state index contributed by atoms with van der Waals surface area (Å²) >= 11 is 0. The molecule has 0 saturated carbocycles. The lowest BCUT2D eigenvalue weighted by molar-refractivity contribution is -0.192. The first-order valence-electron chi connectivity index (χ1n) is 6.28. The number of carbonyl (C=O) groups excluding carboxylic acids is 1. The van der Waals surface area contributed by atoms with Crippen LogP contribution in [0, 0.1) is 5.92 Å². The number of hydrogen-bond donors (Lipinski definition) is 1. The van der Waals surface area contributed by atoms with Gasteiger partial charge in [-0.15, -0.1) is 12.4 Å². The lowest BCUT2D eigenvalue weighted by Crippen LogP contribution is -2.52. The number of nitrogens with one attached hydrogen (secondary N) is 1. The summed E-state index contributed by atoms with van der Waals surface area (Å²) in [5.74, 6) is -1.75. The SMILES string of the molecule is COCCNCC(=O)N1CCC(C(F)(F)F)C1(C)C.Cl. The molecule has 1 aliphatic rings. The Hall–Kier alpha value is -0.530. The van der Waals surface area contributed by atoms with Gasteiger partial charge in [-0.1, -0.05) is 0 Å². The summed E-state index contributed by atoms with van der Waals surface area (Å²) in [4.78, 5) is 13.3. The molecule has 20 heavy (non-hydrogen) atoms. The largest absolute Gasteiger partial charge is 0.394 e. The Labute approximate surface area is 123 Å². The third-order valence-corrected chi connectivity index (χ3v) is 3.65. The van der Waals surface area contributed by atoms with Crippen molar-refractivity contribution in [2.45, 2.75) is 32.0 Å². The van der Waals surface area contributed by atoms with E-state index in [1.807, 2.05) is 0 Å². The fraction of sp³-hybridized carbons (Fsp3) is 0.917. The van der Waals surface area contributed by atoms with Crippen LogP contribution in [0.15, 0.2) is 0 Å². The van der Waals surface area contributed by atoms with Gasteiger partial charge in [0.15, 0.2) is 0 Å². The molecule has 1 heterocycles. The second kappa shape index (κ2) is 7.47. The van der Waals surface area contributed by atoms with E-state index in [0.717, 1.165) is 0 Å². The van der Waals surface area contributed by atoms with Crippen LogP contribution >= 0.6 is 12.4 Å². The van der Waals surface area contributed by atoms with Crippen molar-refractivity contribution < 1.29 is 22.7 Å². The molecule has 1 unspecified atom stereocenters. The minimum absolute atomic E-state index is 0. The van der Waals surface area contributed by atoms with E-state index in [-0.39, 0.29) is 37.8 Å². The molecule has 1 fully saturated rings. The van der Waals surface area contributed by atoms with Crippen LogP contribution in [0.25, 0.3) is 0 Å². The molecule has 1 saturated heterocycles. The molecule has 0 aromatic carbocycles. The van der Waals surface area contributed by atoms with Crippen molar-refractivity contribution in [3.8, 4) is 0 Å². The Morgan fingerprint density at radius 2 is 2.05 bits per heavy atom. The molecular formula is C12H22ClF3N2O2. The second-order valence-electron chi connectivity index (χ2n) is 5.25. The summed E-state index contributed by atoms with van der Waals surface area (Å²) in [7, 11) is 1.54. The molecule has 8 heteroatoms. The molecule has 0 aliphatic carbocycles. The van der Waals surface area contributed by atoms with Gasteiger partial charge in [-0.25, -0.2) is 0 Å². The van der Waals surface area contributed by atoms with Crippen LogP contribution in [-0.4, -0.2) is 55.9 Å². The molecule has 0 spiro atoms. The van der Waals surface area contributed by atoms with Crippen molar-refractivity contribution in [1.82, 2.24) is 10.2 Å². The minimum atomic E-state index is -4.26. The lowest BCUT2D eigenvalue weighted by atomic mass is 9.88. The van der Waals surface area contributed by atoms with Crippen LogP contribution in [0.1, 0.15) is 20.3 Å². The van der Waals surface area contributed by atoms with Crippen molar-refractivity contribution >= 4 is 18.3 Å². The van der Waals surface area contributed by atoms with Crippen LogP contribution in [-0.2, 0) is 9.53 Å². The highest BCUT2D eigenvalue weighted by Crippen LogP contribution is 2.44. The number of carbonyl (C=O) groups is 1. The smallest absolute Gasteiger partial charge is 0.383 e. The second-order valence-corrected chi connectivity index (χ2v) is 5.25. The Bertz CT molecular complexity index is 324. The van der Waals surface area contributed by atoms with Gasteiger partial charge in [0.05, 0.1) is 19.1 Å². The van der Waals surface area contributed by atoms with Gasteiger partial charge in [-0.05, 0) is 20.3 Å². The molecule has 1 N–H and O–H groups in total. The van der Waals surface area contributed by atoms with Crippen molar-refractivity contribution in [2.75, 3.05) is 33.4 Å². The van der Waals surface area contributed by atoms with E-state index < -0.39 is 17.6 Å². The molecule has 0 radical (unpaired) electrons. The summed E-state index contributed by atoms with van der Waals surface area (Å²) in [5, 5.41) is 2.86. The summed E-state index contributed by atoms with van der Waals surface area (Å²) in [6.45, 7) is 4.11. The zero-order chi connectivity index (χ0) is 14.7. The van der Waals surface area contributed by atoms with Gasteiger partial charge < -0.3 is 15.0 Å². The predicted octanol–water partition coefficient (Wildman–Crippen LogP) is 1.83. The minimum Gasteiger partial charge on any atom is -0.383 e. The van der Waals surface area contributed by atoms with Crippen molar-refractivity contribution in [3.05, 3.63) is 0 Å². The molecule has 0 bridgehead atoms. The highest BCUT2D eigenvalue weighted by Gasteiger charge is 2.55. The summed E-state index contributed by atoms with van der Waals surface area (Å²) in [6.07, 6.45) is -4.29. The molecule has 0 aromatic rings. The first-order valence-corrected chi connectivity index (χ1v) is 6.28. The van der Waals surface area contributed by atoms with Crippen LogP contribution in [0.5, 0.6) is 0 Å². The summed E-state index contributed by atoms with van der Waals surface area (Å²) in [5.41, 5.74) is -1.18. The van der Waals surface area contributed by atoms with E-state index in [9.17, 15) is 18.0 Å². The average molecular weight is 319 g/mol. The van der Waals surface area contributed by atoms with Crippen molar-refractivity contribution in [2.24, 2.45) is 5.92 Å². The van der Waals surface area contributed by atoms with Crippen LogP contribution in [0.2, 0.25) is 0 Å². The maximum atomic E-state index is 12.9. The highest BCUT2D eigenvalue weighted by molar-refractivity contribution is 5.85. The Morgan fingerprint density at radius 1 is 1.45 bits per heavy atom. The van der Waals surface area contributed by atoms with Gasteiger partial charge in [-0.2, -0.15) is 13.2 Å². The monoisotopic (exact) mass is 318 g/mol. The number of methoxy groups -OCH3 is 1. The molecule has 1 aliphatic heterocycles. The number of hydrogen-bond acceptors (Lipinski definition) is 3. The normalized spacial score (nSPS) is 21.7. The number of amides is 1. The summed E-state index contributed by atoms with van der Waals surface area (Å²) in [6, 6.07) is 0. The first-order chi connectivity index (χ1) is 8.71. The van der Waals surface area contributed by atoms with Crippen LogP contribution < -0.4 is 5.32 Å². The third-order valence-electron chi connectivity index (χ3n) is 3.65. The number of rotatable bonds is 5. The molecule has 120 valence electrons. The Morgan fingerprint density at radius 3 is 2.50 bits per heavy atom. The maximum Gasteiger partial charge on any atom is 0.394 e. The van der Waals surface area contributed by atoms with Gasteiger partial charge >= 0.3 is 6.18 Å². The Kier molecular flexibility index (Phi) is 7.27. The van der Waals surface area contributed by atoms with Gasteiger partial charge in [-0.3, -0.25) is 4.79 Å². The lowest BCUT2D eigenvalue weighted by Gasteiger charge is -2.36. The standard InChI is InChI=1S/C12H21F3N2O2.ClH/c1-11(2)9(12(13,14)15)4-6-17(11)10(18)8-16-5-7-19-3;/h9,16H,4-8H2,1-3H3;1H. The van der Waals surface area contributed by atoms with E-state index in [1.54, 1.807) is 7.11 Å². The Balaban J connectivity index is 0.00000361. The fourth-order valence-electron chi connectivity index (χ4n) is 2.56. The molecule has 1 atom stereocenters. The number of alkyl halides is 3. The highest BCUT2D eigenvalue weighted by atomic mass is 35.5. The average Bonchev–Trinajstić information content (AvgIpc) is 2.59. The van der Waals surface area contributed by atoms with E-state index in [1.165, 1.54) is 18.7 Å². The zero-order valence-corrected chi connectivity index (χ0v) is 12.7. The van der Waals surface area contributed by atoms with Gasteiger partial charge in [0, 0.05) is 25.7 Å². The van der Waals surface area contributed by atoms with E-state index >= 15 is 0 Å². The number of halogens is 4. The number of ether oxygens (including phenoxy) is 1. The number of likely N-dealkylation sites (tertiary alicyclic amines) is 1. The van der Waals surface area contributed by atoms with Gasteiger partial charge in [0.1, 0.15) is 0 Å². The van der Waals surface area contributed by atoms with Gasteiger partial charge in [0.2, 0.25) is 5.91 Å². The predicted molar refractivity (Wildman–Crippen MR) is 71.9 cm³/mol. The quantitative estimate of drug-likeness (QED) is 0.786. The van der Waals surface area contributed by atoms with E-state index in [4.69, 9.17) is 4.74 Å². The summed E-state index contributed by atoms with van der Waals surface area (Å²) < 4.78 is 43.4. The zero-order valence-electron chi connectivity index (χ0n) is 11.9. The van der Waals surface area contributed by atoms with Crippen LogP contribution in [0.3, 0.4) is 0 Å². The van der Waals surface area contributed by atoms with Gasteiger partial charge in [0.25, 0.3) is 0 Å². The first kappa shape index (κ1) is 19.5. The van der Waals surface area contributed by atoms with E-state index in [0.29, 0.717) is 13.2 Å². The molecule has 1 amide bonds. The molecular weight excluding hydrogens is 297 g/mol. The third kappa shape index (κ3) is 4.49. The van der Waals surface area contributed by atoms with Crippen molar-refractivity contribution in [1.29, 1.82) is 0 Å². The van der Waals surface area contributed by atoms with Crippen molar-refractivity contribution in [3.63, 3.8) is 0 Å². The number of nitrogens with zero attached hydrogens (tertiary/aromatic N) is 1. The maximum absolute atomic E-state index is 12.9. The molecule has 1 rings (SSSR count). The topological polar surface area (TPSA) is 41.6 Å².